The lowest BCUT2D eigenvalue weighted by molar-refractivity contribution is 0.588. The predicted octanol–water partition coefficient (Wildman–Crippen LogP) is 4.42. The van der Waals surface area contributed by atoms with Gasteiger partial charge in [-0.15, -0.1) is 0 Å². The Kier molecular flexibility index (Phi) is 3.04. The van der Waals surface area contributed by atoms with Crippen LogP contribution in [0.5, 0.6) is 0 Å². The lowest BCUT2D eigenvalue weighted by Gasteiger charge is -2.21. The molecule has 0 N–H and O–H groups in total. The molecule has 0 aliphatic heterocycles. The van der Waals surface area contributed by atoms with Crippen molar-refractivity contribution in [1.82, 2.24) is 0 Å². The molecule has 1 rings (SSSR count). The maximum absolute atomic E-state index is 2.34. The molecule has 14 heavy (non-hydrogen) atoms. The number of aryl methyl sites for hydroxylation is 1. The molecule has 0 heterocycles. The number of hydrogen-bond acceptors (Lipinski definition) is 0. The lowest BCUT2D eigenvalue weighted by atomic mass is 9.84. The number of benzene rings is 1. The van der Waals surface area contributed by atoms with Gasteiger partial charge in [-0.25, -0.2) is 0 Å². The summed E-state index contributed by atoms with van der Waals surface area (Å²) in [5.41, 5.74) is 4.53. The predicted molar refractivity (Wildman–Crippen MR) is 64.0 cm³/mol. The van der Waals surface area contributed by atoms with Gasteiger partial charge in [0.05, 0.1) is 0 Å². The molecule has 0 radical (unpaired) electrons. The van der Waals surface area contributed by atoms with Crippen molar-refractivity contribution in [3.8, 4) is 0 Å². The van der Waals surface area contributed by atoms with Crippen molar-refractivity contribution < 1.29 is 0 Å². The monoisotopic (exact) mass is 190 g/mol. The van der Waals surface area contributed by atoms with Gasteiger partial charge in [-0.2, -0.15) is 0 Å². The molecule has 1 aromatic rings. The molecule has 0 unspecified atom stereocenters. The molecule has 0 spiro atoms. The van der Waals surface area contributed by atoms with Crippen LogP contribution in [0.3, 0.4) is 0 Å². The Morgan fingerprint density at radius 3 is 2.00 bits per heavy atom. The minimum absolute atomic E-state index is 0.260. The van der Waals surface area contributed by atoms with Crippen LogP contribution in [0.1, 0.15) is 57.2 Å². The first kappa shape index (κ1) is 11.3. The fourth-order valence-corrected chi connectivity index (χ4v) is 1.58. The van der Waals surface area contributed by atoms with E-state index in [-0.39, 0.29) is 5.41 Å². The van der Waals surface area contributed by atoms with E-state index in [1.807, 2.05) is 0 Å². The molecule has 0 aromatic heterocycles. The van der Waals surface area contributed by atoms with Gasteiger partial charge in [0.25, 0.3) is 0 Å². The third kappa shape index (κ3) is 2.60. The highest BCUT2D eigenvalue weighted by molar-refractivity contribution is 5.34. The molecule has 0 heteroatoms. The minimum atomic E-state index is 0.260. The van der Waals surface area contributed by atoms with Crippen molar-refractivity contribution in [2.24, 2.45) is 0 Å². The van der Waals surface area contributed by atoms with Crippen LogP contribution in [0.15, 0.2) is 18.2 Å². The Morgan fingerprint density at radius 2 is 1.57 bits per heavy atom. The van der Waals surface area contributed by atoms with Gasteiger partial charge in [-0.05, 0) is 29.4 Å². The summed E-state index contributed by atoms with van der Waals surface area (Å²) >= 11 is 0. The van der Waals surface area contributed by atoms with E-state index in [2.05, 4.69) is 59.7 Å². The molecule has 0 amide bonds. The van der Waals surface area contributed by atoms with Crippen LogP contribution < -0.4 is 0 Å². The second-order valence-electron chi connectivity index (χ2n) is 5.54. The zero-order valence-electron chi connectivity index (χ0n) is 10.3. The SMILES string of the molecule is Cc1cc(C(C)C)cc(C(C)(C)C)c1. The average Bonchev–Trinajstić information content (AvgIpc) is 2.01. The van der Waals surface area contributed by atoms with E-state index in [0.717, 1.165) is 0 Å². The van der Waals surface area contributed by atoms with Crippen molar-refractivity contribution in [2.75, 3.05) is 0 Å². The molecule has 0 saturated carbocycles. The van der Waals surface area contributed by atoms with Crippen LogP contribution in [0, 0.1) is 6.92 Å². The lowest BCUT2D eigenvalue weighted by Crippen LogP contribution is -2.12. The van der Waals surface area contributed by atoms with Gasteiger partial charge >= 0.3 is 0 Å². The van der Waals surface area contributed by atoms with Gasteiger partial charge in [0.2, 0.25) is 0 Å². The van der Waals surface area contributed by atoms with Gasteiger partial charge in [0.15, 0.2) is 0 Å². The highest BCUT2D eigenvalue weighted by Crippen LogP contribution is 2.27. The van der Waals surface area contributed by atoms with Gasteiger partial charge in [-0.1, -0.05) is 58.4 Å². The van der Waals surface area contributed by atoms with Crippen LogP contribution in [0.2, 0.25) is 0 Å². The summed E-state index contributed by atoms with van der Waals surface area (Å²) < 4.78 is 0. The molecular weight excluding hydrogens is 168 g/mol. The second-order valence-corrected chi connectivity index (χ2v) is 5.54. The van der Waals surface area contributed by atoms with Gasteiger partial charge in [-0.3, -0.25) is 0 Å². The Bertz CT molecular complexity index is 313. The summed E-state index contributed by atoms with van der Waals surface area (Å²) in [6, 6.07) is 6.93. The first-order valence-electron chi connectivity index (χ1n) is 5.43. The highest BCUT2D eigenvalue weighted by atomic mass is 14.2. The van der Waals surface area contributed by atoms with Crippen molar-refractivity contribution >= 4 is 0 Å². The molecule has 0 aliphatic carbocycles. The number of hydrogen-bond donors (Lipinski definition) is 0. The summed E-state index contributed by atoms with van der Waals surface area (Å²) in [5, 5.41) is 0. The maximum Gasteiger partial charge on any atom is -0.0132 e. The Morgan fingerprint density at radius 1 is 1.00 bits per heavy atom. The minimum Gasteiger partial charge on any atom is -0.0587 e. The molecular formula is C14H22. The summed E-state index contributed by atoms with van der Waals surface area (Å²) in [6.45, 7) is 13.5. The third-order valence-electron chi connectivity index (χ3n) is 2.63. The molecule has 0 bridgehead atoms. The molecule has 0 nitrogen and oxygen atoms in total. The van der Waals surface area contributed by atoms with E-state index in [4.69, 9.17) is 0 Å². The normalized spacial score (nSPS) is 12.2. The van der Waals surface area contributed by atoms with Gasteiger partial charge < -0.3 is 0 Å². The van der Waals surface area contributed by atoms with Gasteiger partial charge in [0, 0.05) is 0 Å². The fourth-order valence-electron chi connectivity index (χ4n) is 1.58. The third-order valence-corrected chi connectivity index (χ3v) is 2.63. The summed E-state index contributed by atoms with van der Waals surface area (Å²) in [7, 11) is 0. The van der Waals surface area contributed by atoms with E-state index < -0.39 is 0 Å². The van der Waals surface area contributed by atoms with Crippen LogP contribution in [0.4, 0.5) is 0 Å². The average molecular weight is 190 g/mol. The summed E-state index contributed by atoms with van der Waals surface area (Å²) in [6.07, 6.45) is 0. The van der Waals surface area contributed by atoms with Crippen LogP contribution in [0.25, 0.3) is 0 Å². The largest absolute Gasteiger partial charge is 0.0587 e. The van der Waals surface area contributed by atoms with Crippen LogP contribution in [-0.4, -0.2) is 0 Å². The Hall–Kier alpha value is -0.780. The van der Waals surface area contributed by atoms with E-state index in [9.17, 15) is 0 Å². The standard InChI is InChI=1S/C14H22/c1-10(2)12-7-11(3)8-13(9-12)14(4,5)6/h7-10H,1-6H3. The zero-order valence-corrected chi connectivity index (χ0v) is 10.3. The van der Waals surface area contributed by atoms with Crippen LogP contribution in [-0.2, 0) is 5.41 Å². The van der Waals surface area contributed by atoms with Crippen molar-refractivity contribution in [2.45, 2.75) is 52.9 Å². The van der Waals surface area contributed by atoms with Crippen LogP contribution >= 0.6 is 0 Å². The van der Waals surface area contributed by atoms with Crippen molar-refractivity contribution in [3.63, 3.8) is 0 Å². The van der Waals surface area contributed by atoms with E-state index >= 15 is 0 Å². The summed E-state index contributed by atoms with van der Waals surface area (Å²) in [4.78, 5) is 0. The smallest absolute Gasteiger partial charge is 0.0132 e. The quantitative estimate of drug-likeness (QED) is 0.615. The molecule has 78 valence electrons. The van der Waals surface area contributed by atoms with E-state index in [0.29, 0.717) is 5.92 Å². The first-order chi connectivity index (χ1) is 6.30. The Balaban J connectivity index is 3.21. The molecule has 0 aliphatic rings. The number of rotatable bonds is 1. The topological polar surface area (TPSA) is 0 Å². The molecule has 0 atom stereocenters. The zero-order chi connectivity index (χ0) is 10.9. The van der Waals surface area contributed by atoms with E-state index in [1.165, 1.54) is 16.7 Å². The molecule has 1 aromatic carbocycles. The molecule has 0 saturated heterocycles. The highest BCUT2D eigenvalue weighted by Gasteiger charge is 2.15. The molecule has 0 fully saturated rings. The first-order valence-corrected chi connectivity index (χ1v) is 5.43. The van der Waals surface area contributed by atoms with E-state index in [1.54, 1.807) is 0 Å². The fraction of sp³-hybridized carbons (Fsp3) is 0.571. The van der Waals surface area contributed by atoms with Gasteiger partial charge in [0.1, 0.15) is 0 Å². The summed E-state index contributed by atoms with van der Waals surface area (Å²) in [5.74, 6) is 0.621. The van der Waals surface area contributed by atoms with Crippen molar-refractivity contribution in [3.05, 3.63) is 34.9 Å². The van der Waals surface area contributed by atoms with Crippen molar-refractivity contribution in [1.29, 1.82) is 0 Å². The Labute approximate surface area is 88.4 Å². The maximum atomic E-state index is 2.34. The second kappa shape index (κ2) is 3.76.